The molecular formula is C24H27N5O2. The van der Waals surface area contributed by atoms with Gasteiger partial charge in [-0.25, -0.2) is 4.98 Å². The average molecular weight is 418 g/mol. The molecule has 7 heteroatoms. The molecule has 2 aliphatic heterocycles. The summed E-state index contributed by atoms with van der Waals surface area (Å²) in [6, 6.07) is 10.5. The summed E-state index contributed by atoms with van der Waals surface area (Å²) >= 11 is 0. The number of amides is 1. The summed E-state index contributed by atoms with van der Waals surface area (Å²) in [6.07, 6.45) is 8.51. The van der Waals surface area contributed by atoms with Gasteiger partial charge in [0.05, 0.1) is 18.2 Å². The molecule has 0 N–H and O–H groups in total. The van der Waals surface area contributed by atoms with Crippen LogP contribution in [-0.4, -0.2) is 59.2 Å². The summed E-state index contributed by atoms with van der Waals surface area (Å²) in [5, 5.41) is 9.02. The number of ether oxygens (including phenoxy) is 1. The molecule has 1 amide bonds. The third kappa shape index (κ3) is 3.77. The minimum Gasteiger partial charge on any atom is -0.371 e. The molecule has 4 heterocycles. The first-order valence-corrected chi connectivity index (χ1v) is 11.0. The molecule has 2 aromatic rings. The standard InChI is InChI=1S/C24H27N5O2/c1-17-10-20-13-28(14-21(17)29(20)22-3-2-18(11-25)12-27-22)23(30)15-31-16-24(6-7-24)19-4-8-26-9-5-19/h2-5,8-9,12,17,20-21H,6-7,10,13-16H2,1H3/t17-,20?,21?/m0/s1. The lowest BCUT2D eigenvalue weighted by Crippen LogP contribution is -2.57. The largest absolute Gasteiger partial charge is 0.371 e. The molecule has 2 unspecified atom stereocenters. The van der Waals surface area contributed by atoms with Crippen molar-refractivity contribution in [2.75, 3.05) is 31.2 Å². The molecule has 5 rings (SSSR count). The van der Waals surface area contributed by atoms with Crippen molar-refractivity contribution >= 4 is 11.7 Å². The lowest BCUT2D eigenvalue weighted by Gasteiger charge is -2.42. The molecule has 0 aromatic carbocycles. The Morgan fingerprint density at radius 2 is 2.06 bits per heavy atom. The summed E-state index contributed by atoms with van der Waals surface area (Å²) in [4.78, 5) is 25.8. The van der Waals surface area contributed by atoms with Gasteiger partial charge < -0.3 is 14.5 Å². The number of hydrogen-bond acceptors (Lipinski definition) is 6. The molecule has 1 aliphatic carbocycles. The molecule has 2 bridgehead atoms. The van der Waals surface area contributed by atoms with Gasteiger partial charge in [0.25, 0.3) is 0 Å². The van der Waals surface area contributed by atoms with Gasteiger partial charge >= 0.3 is 0 Å². The number of piperazine rings is 1. The zero-order valence-corrected chi connectivity index (χ0v) is 17.8. The monoisotopic (exact) mass is 417 g/mol. The number of nitriles is 1. The quantitative estimate of drug-likeness (QED) is 0.718. The highest BCUT2D eigenvalue weighted by Gasteiger charge is 2.47. The van der Waals surface area contributed by atoms with E-state index in [1.165, 1.54) is 5.56 Å². The van der Waals surface area contributed by atoms with E-state index < -0.39 is 0 Å². The number of nitrogens with zero attached hydrogens (tertiary/aromatic N) is 5. The van der Waals surface area contributed by atoms with Gasteiger partial charge in [0.2, 0.25) is 5.91 Å². The van der Waals surface area contributed by atoms with Gasteiger partial charge in [-0.1, -0.05) is 6.92 Å². The number of anilines is 1. The molecule has 3 atom stereocenters. The maximum absolute atomic E-state index is 12.9. The molecule has 2 aromatic heterocycles. The minimum atomic E-state index is 0.0662. The average Bonchev–Trinajstić information content (AvgIpc) is 3.56. The normalized spacial score (nSPS) is 25.9. The molecule has 1 saturated carbocycles. The molecule has 3 aliphatic rings. The number of pyridine rings is 2. The SMILES string of the molecule is C[C@H]1CC2CN(C(=O)COCC3(c4ccncc4)CC3)CC1N2c1ccc(C#N)cn1. The van der Waals surface area contributed by atoms with Crippen LogP contribution in [-0.2, 0) is 14.9 Å². The van der Waals surface area contributed by atoms with Gasteiger partial charge in [-0.05, 0) is 55.0 Å². The van der Waals surface area contributed by atoms with Crippen LogP contribution in [0.25, 0.3) is 0 Å². The first kappa shape index (κ1) is 20.0. The molecule has 7 nitrogen and oxygen atoms in total. The van der Waals surface area contributed by atoms with Gasteiger partial charge in [0.1, 0.15) is 18.5 Å². The van der Waals surface area contributed by atoms with Crippen LogP contribution in [0.15, 0.2) is 42.9 Å². The van der Waals surface area contributed by atoms with E-state index in [0.29, 0.717) is 31.2 Å². The smallest absolute Gasteiger partial charge is 0.248 e. The highest BCUT2D eigenvalue weighted by atomic mass is 16.5. The summed E-state index contributed by atoms with van der Waals surface area (Å²) in [5.74, 6) is 1.46. The lowest BCUT2D eigenvalue weighted by molar-refractivity contribution is -0.137. The maximum Gasteiger partial charge on any atom is 0.248 e. The van der Waals surface area contributed by atoms with Crippen molar-refractivity contribution in [2.24, 2.45) is 5.92 Å². The second-order valence-corrected chi connectivity index (χ2v) is 9.17. The third-order valence-electron chi connectivity index (χ3n) is 7.13. The van der Waals surface area contributed by atoms with Crippen molar-refractivity contribution in [3.05, 3.63) is 54.0 Å². The molecule has 31 heavy (non-hydrogen) atoms. The number of aromatic nitrogens is 2. The van der Waals surface area contributed by atoms with E-state index in [4.69, 9.17) is 10.00 Å². The second-order valence-electron chi connectivity index (χ2n) is 9.17. The number of carbonyl (C=O) groups is 1. The highest BCUT2D eigenvalue weighted by molar-refractivity contribution is 5.78. The van der Waals surface area contributed by atoms with Crippen molar-refractivity contribution < 1.29 is 9.53 Å². The Labute approximate surface area is 182 Å². The van der Waals surface area contributed by atoms with E-state index in [-0.39, 0.29) is 30.0 Å². The molecule has 3 fully saturated rings. The maximum atomic E-state index is 12.9. The zero-order valence-electron chi connectivity index (χ0n) is 17.8. The van der Waals surface area contributed by atoms with E-state index in [0.717, 1.165) is 25.1 Å². The lowest BCUT2D eigenvalue weighted by atomic mass is 9.98. The van der Waals surface area contributed by atoms with Gasteiger partial charge in [-0.2, -0.15) is 5.26 Å². The van der Waals surface area contributed by atoms with Crippen molar-refractivity contribution in [2.45, 2.75) is 43.7 Å². The van der Waals surface area contributed by atoms with Crippen LogP contribution in [0.4, 0.5) is 5.82 Å². The van der Waals surface area contributed by atoms with E-state index >= 15 is 0 Å². The van der Waals surface area contributed by atoms with E-state index in [1.807, 2.05) is 41.6 Å². The predicted molar refractivity (Wildman–Crippen MR) is 115 cm³/mol. The molecule has 0 spiro atoms. The van der Waals surface area contributed by atoms with E-state index in [2.05, 4.69) is 27.9 Å². The Balaban J connectivity index is 1.19. The first-order valence-electron chi connectivity index (χ1n) is 11.0. The number of hydrogen-bond donors (Lipinski definition) is 0. The van der Waals surface area contributed by atoms with Crippen LogP contribution in [0.2, 0.25) is 0 Å². The number of rotatable bonds is 6. The minimum absolute atomic E-state index is 0.0662. The fourth-order valence-corrected chi connectivity index (χ4v) is 5.19. The van der Waals surface area contributed by atoms with Crippen LogP contribution in [0, 0.1) is 17.2 Å². The molecule has 160 valence electrons. The molecule has 0 radical (unpaired) electrons. The Bertz CT molecular complexity index is 983. The fourth-order valence-electron chi connectivity index (χ4n) is 5.19. The Morgan fingerprint density at radius 1 is 1.26 bits per heavy atom. The summed E-state index contributed by atoms with van der Waals surface area (Å²) < 4.78 is 5.92. The molecule has 2 saturated heterocycles. The van der Waals surface area contributed by atoms with Crippen molar-refractivity contribution in [3.8, 4) is 6.07 Å². The second kappa shape index (κ2) is 7.93. The van der Waals surface area contributed by atoms with Gasteiger partial charge in [-0.3, -0.25) is 9.78 Å². The molecular weight excluding hydrogens is 390 g/mol. The van der Waals surface area contributed by atoms with Crippen molar-refractivity contribution in [1.29, 1.82) is 5.26 Å². The number of fused-ring (bicyclic) bond motifs is 2. The van der Waals surface area contributed by atoms with Gasteiger partial charge in [-0.15, -0.1) is 0 Å². The Morgan fingerprint density at radius 3 is 2.71 bits per heavy atom. The summed E-state index contributed by atoms with van der Waals surface area (Å²) in [7, 11) is 0. The topological polar surface area (TPSA) is 82.4 Å². The van der Waals surface area contributed by atoms with Crippen molar-refractivity contribution in [3.63, 3.8) is 0 Å². The summed E-state index contributed by atoms with van der Waals surface area (Å²) in [5.41, 5.74) is 1.89. The number of carbonyl (C=O) groups excluding carboxylic acids is 1. The Hall–Kier alpha value is -2.98. The van der Waals surface area contributed by atoms with Gasteiger partial charge in [0, 0.05) is 43.1 Å². The summed E-state index contributed by atoms with van der Waals surface area (Å²) in [6.45, 7) is 4.35. The van der Waals surface area contributed by atoms with Crippen molar-refractivity contribution in [1.82, 2.24) is 14.9 Å². The zero-order chi connectivity index (χ0) is 21.4. The van der Waals surface area contributed by atoms with E-state index in [1.54, 1.807) is 6.20 Å². The fraction of sp³-hybridized carbons (Fsp3) is 0.500. The van der Waals surface area contributed by atoms with Crippen LogP contribution >= 0.6 is 0 Å². The van der Waals surface area contributed by atoms with Gasteiger partial charge in [0.15, 0.2) is 0 Å². The van der Waals surface area contributed by atoms with Crippen LogP contribution in [0.3, 0.4) is 0 Å². The Kier molecular flexibility index (Phi) is 5.11. The van der Waals surface area contributed by atoms with Crippen LogP contribution in [0.1, 0.15) is 37.3 Å². The third-order valence-corrected chi connectivity index (χ3v) is 7.13. The van der Waals surface area contributed by atoms with Crippen LogP contribution in [0.5, 0.6) is 0 Å². The first-order chi connectivity index (χ1) is 15.1. The van der Waals surface area contributed by atoms with Crippen LogP contribution < -0.4 is 4.90 Å². The number of likely N-dealkylation sites (tertiary alicyclic amines) is 1. The predicted octanol–water partition coefficient (Wildman–Crippen LogP) is 2.52. The highest BCUT2D eigenvalue weighted by Crippen LogP contribution is 2.48. The van der Waals surface area contributed by atoms with E-state index in [9.17, 15) is 4.79 Å².